The van der Waals surface area contributed by atoms with Crippen molar-refractivity contribution in [3.63, 3.8) is 0 Å². The van der Waals surface area contributed by atoms with Gasteiger partial charge in [-0.15, -0.1) is 0 Å². The summed E-state index contributed by atoms with van der Waals surface area (Å²) in [7, 11) is 0. The van der Waals surface area contributed by atoms with E-state index in [1.165, 1.54) is 4.90 Å². The van der Waals surface area contributed by atoms with Gasteiger partial charge in [0.05, 0.1) is 12.7 Å². The molecule has 2 amide bonds. The molecule has 2 rings (SSSR count). The van der Waals surface area contributed by atoms with Crippen LogP contribution < -0.4 is 11.1 Å². The molecule has 2 aliphatic rings. The maximum absolute atomic E-state index is 10.8. The summed E-state index contributed by atoms with van der Waals surface area (Å²) in [5.41, 5.74) is 5.14. The number of hydrogen-bond donors (Lipinski definition) is 2. The highest BCUT2D eigenvalue weighted by Crippen LogP contribution is 2.11. The molecule has 1 atom stereocenters. The van der Waals surface area contributed by atoms with Crippen LogP contribution in [0.5, 0.6) is 0 Å². The summed E-state index contributed by atoms with van der Waals surface area (Å²) in [5.74, 6) is 0. The Bertz CT molecular complexity index is 227. The highest BCUT2D eigenvalue weighted by molar-refractivity contribution is 5.73. The van der Waals surface area contributed by atoms with Gasteiger partial charge in [0.1, 0.15) is 0 Å². The van der Waals surface area contributed by atoms with Crippen molar-refractivity contribution in [1.29, 1.82) is 0 Å². The largest absolute Gasteiger partial charge is 0.358 e. The Morgan fingerprint density at radius 3 is 3.17 bits per heavy atom. The van der Waals surface area contributed by atoms with Crippen LogP contribution in [0.1, 0.15) is 0 Å². The Balaban J connectivity index is 2.08. The topological polar surface area (TPSA) is 61.6 Å². The summed E-state index contributed by atoms with van der Waals surface area (Å²) in [6.45, 7) is 2.63. The number of urea groups is 1. The van der Waals surface area contributed by atoms with Crippen LogP contribution >= 0.6 is 0 Å². The third-order valence-electron chi connectivity index (χ3n) is 2.24. The molecule has 1 fully saturated rings. The minimum Gasteiger partial charge on any atom is -0.358 e. The van der Waals surface area contributed by atoms with Gasteiger partial charge in [-0.25, -0.2) is 4.79 Å². The number of nitrogens with zero attached hydrogens (tertiary/aromatic N) is 2. The molecule has 2 heterocycles. The fourth-order valence-corrected chi connectivity index (χ4v) is 1.56. The van der Waals surface area contributed by atoms with E-state index in [-0.39, 0.29) is 12.2 Å². The second kappa shape index (κ2) is 2.67. The number of primary amides is 1. The maximum Gasteiger partial charge on any atom is 0.318 e. The van der Waals surface area contributed by atoms with Crippen molar-refractivity contribution in [2.24, 2.45) is 5.73 Å². The van der Waals surface area contributed by atoms with Gasteiger partial charge in [-0.2, -0.15) is 0 Å². The molecule has 5 nitrogen and oxygen atoms in total. The van der Waals surface area contributed by atoms with E-state index in [1.54, 1.807) is 6.20 Å². The van der Waals surface area contributed by atoms with Crippen LogP contribution in [0.2, 0.25) is 0 Å². The Morgan fingerprint density at radius 1 is 1.58 bits per heavy atom. The Hall–Kier alpha value is -1.23. The fourth-order valence-electron chi connectivity index (χ4n) is 1.56. The Kier molecular flexibility index (Phi) is 1.65. The second-order valence-corrected chi connectivity index (χ2v) is 3.00. The molecule has 0 bridgehead atoms. The molecule has 0 aromatic carbocycles. The lowest BCUT2D eigenvalue weighted by Crippen LogP contribution is -2.48. The van der Waals surface area contributed by atoms with Crippen LogP contribution in [-0.4, -0.2) is 41.6 Å². The standard InChI is InChI=1S/C7H12N4O/c8-7(12)11-4-3-10-2-1-9-6(10)5-11/h3-4,6,9H,1-2,5H2,(H2,8,12). The van der Waals surface area contributed by atoms with Crippen molar-refractivity contribution >= 4 is 6.03 Å². The zero-order chi connectivity index (χ0) is 8.55. The molecule has 0 aromatic rings. The van der Waals surface area contributed by atoms with E-state index in [0.29, 0.717) is 6.54 Å². The maximum atomic E-state index is 10.8. The minimum absolute atomic E-state index is 0.252. The number of hydrogen-bond acceptors (Lipinski definition) is 3. The lowest BCUT2D eigenvalue weighted by Gasteiger charge is -2.31. The lowest BCUT2D eigenvalue weighted by molar-refractivity contribution is 0.194. The normalized spacial score (nSPS) is 27.5. The highest BCUT2D eigenvalue weighted by atomic mass is 16.2. The molecule has 66 valence electrons. The van der Waals surface area contributed by atoms with Gasteiger partial charge in [-0.3, -0.25) is 10.2 Å². The van der Waals surface area contributed by atoms with Crippen molar-refractivity contribution in [2.75, 3.05) is 19.6 Å². The summed E-state index contributed by atoms with van der Waals surface area (Å²) >= 11 is 0. The van der Waals surface area contributed by atoms with E-state index < -0.39 is 0 Å². The van der Waals surface area contributed by atoms with Crippen LogP contribution in [0.4, 0.5) is 4.79 Å². The molecule has 0 aliphatic carbocycles. The average molecular weight is 168 g/mol. The first kappa shape index (κ1) is 7.42. The molecule has 5 heteroatoms. The summed E-state index contributed by atoms with van der Waals surface area (Å²) in [5, 5.41) is 3.27. The number of nitrogens with one attached hydrogen (secondary N) is 1. The summed E-state index contributed by atoms with van der Waals surface area (Å²) in [4.78, 5) is 14.5. The van der Waals surface area contributed by atoms with Gasteiger partial charge in [-0.05, 0) is 0 Å². The molecular formula is C7H12N4O. The van der Waals surface area contributed by atoms with Gasteiger partial charge in [0.15, 0.2) is 0 Å². The molecule has 0 spiro atoms. The van der Waals surface area contributed by atoms with Gasteiger partial charge in [0.25, 0.3) is 0 Å². The second-order valence-electron chi connectivity index (χ2n) is 3.00. The molecule has 1 saturated heterocycles. The van der Waals surface area contributed by atoms with Crippen LogP contribution in [0.15, 0.2) is 12.4 Å². The molecular weight excluding hydrogens is 156 g/mol. The predicted molar refractivity (Wildman–Crippen MR) is 43.9 cm³/mol. The minimum atomic E-state index is -0.389. The fraction of sp³-hybridized carbons (Fsp3) is 0.571. The number of nitrogens with two attached hydrogens (primary N) is 1. The SMILES string of the molecule is NC(=O)N1C=CN2CCNC2C1. The van der Waals surface area contributed by atoms with E-state index in [1.807, 2.05) is 6.20 Å². The summed E-state index contributed by atoms with van der Waals surface area (Å²) in [6, 6.07) is -0.389. The molecule has 0 radical (unpaired) electrons. The monoisotopic (exact) mass is 168 g/mol. The quantitative estimate of drug-likeness (QED) is 0.492. The van der Waals surface area contributed by atoms with Gasteiger partial charge in [0, 0.05) is 25.5 Å². The number of carbonyl (C=O) groups is 1. The predicted octanol–water partition coefficient (Wildman–Crippen LogP) is -0.917. The van der Waals surface area contributed by atoms with Crippen LogP contribution in [0.3, 0.4) is 0 Å². The zero-order valence-electron chi connectivity index (χ0n) is 6.73. The van der Waals surface area contributed by atoms with Crippen molar-refractivity contribution in [2.45, 2.75) is 6.17 Å². The van der Waals surface area contributed by atoms with Gasteiger partial charge in [-0.1, -0.05) is 0 Å². The number of fused-ring (bicyclic) bond motifs is 1. The zero-order valence-corrected chi connectivity index (χ0v) is 6.73. The smallest absolute Gasteiger partial charge is 0.318 e. The number of carbonyl (C=O) groups excluding carboxylic acids is 1. The lowest BCUT2D eigenvalue weighted by atomic mass is 10.3. The van der Waals surface area contributed by atoms with Crippen LogP contribution in [-0.2, 0) is 0 Å². The van der Waals surface area contributed by atoms with Gasteiger partial charge < -0.3 is 10.6 Å². The number of amides is 2. The third-order valence-corrected chi connectivity index (χ3v) is 2.24. The first-order valence-corrected chi connectivity index (χ1v) is 4.01. The highest BCUT2D eigenvalue weighted by Gasteiger charge is 2.27. The Labute approximate surface area is 70.8 Å². The summed E-state index contributed by atoms with van der Waals surface area (Å²) < 4.78 is 0. The van der Waals surface area contributed by atoms with E-state index in [0.717, 1.165) is 13.1 Å². The first-order chi connectivity index (χ1) is 5.77. The van der Waals surface area contributed by atoms with E-state index >= 15 is 0 Å². The van der Waals surface area contributed by atoms with E-state index in [2.05, 4.69) is 10.2 Å². The Morgan fingerprint density at radius 2 is 2.42 bits per heavy atom. The van der Waals surface area contributed by atoms with Gasteiger partial charge in [0.2, 0.25) is 0 Å². The van der Waals surface area contributed by atoms with Crippen LogP contribution in [0.25, 0.3) is 0 Å². The molecule has 12 heavy (non-hydrogen) atoms. The molecule has 1 unspecified atom stereocenters. The van der Waals surface area contributed by atoms with Crippen molar-refractivity contribution < 1.29 is 4.79 Å². The number of rotatable bonds is 0. The third kappa shape index (κ3) is 1.12. The van der Waals surface area contributed by atoms with Gasteiger partial charge >= 0.3 is 6.03 Å². The summed E-state index contributed by atoms with van der Waals surface area (Å²) in [6.07, 6.45) is 3.88. The van der Waals surface area contributed by atoms with Crippen molar-refractivity contribution in [3.05, 3.63) is 12.4 Å². The first-order valence-electron chi connectivity index (χ1n) is 4.01. The molecule has 0 saturated carbocycles. The van der Waals surface area contributed by atoms with Crippen LogP contribution in [0, 0.1) is 0 Å². The van der Waals surface area contributed by atoms with Crippen molar-refractivity contribution in [3.8, 4) is 0 Å². The van der Waals surface area contributed by atoms with Crippen molar-refractivity contribution in [1.82, 2.24) is 15.1 Å². The average Bonchev–Trinajstić information content (AvgIpc) is 2.49. The van der Waals surface area contributed by atoms with E-state index in [4.69, 9.17) is 5.73 Å². The molecule has 0 aromatic heterocycles. The van der Waals surface area contributed by atoms with E-state index in [9.17, 15) is 4.79 Å². The molecule has 3 N–H and O–H groups in total. The molecule has 2 aliphatic heterocycles.